The molecule has 0 spiro atoms. The van der Waals surface area contributed by atoms with E-state index < -0.39 is 0 Å². The molecule has 0 saturated heterocycles. The fourth-order valence-corrected chi connectivity index (χ4v) is 3.21. The van der Waals surface area contributed by atoms with Crippen LogP contribution in [0.1, 0.15) is 29.0 Å². The second kappa shape index (κ2) is 6.63. The van der Waals surface area contributed by atoms with Crippen LogP contribution >= 0.6 is 0 Å². The van der Waals surface area contributed by atoms with E-state index in [0.29, 0.717) is 17.7 Å². The van der Waals surface area contributed by atoms with Gasteiger partial charge in [0.15, 0.2) is 0 Å². The summed E-state index contributed by atoms with van der Waals surface area (Å²) in [5.74, 6) is 1.07. The van der Waals surface area contributed by atoms with Crippen molar-refractivity contribution in [2.24, 2.45) is 7.05 Å². The molecule has 26 heavy (non-hydrogen) atoms. The molecule has 1 amide bonds. The van der Waals surface area contributed by atoms with Crippen molar-refractivity contribution >= 4 is 11.7 Å². The monoisotopic (exact) mass is 351 g/mol. The van der Waals surface area contributed by atoms with Gasteiger partial charge < -0.3 is 10.1 Å². The first-order valence-electron chi connectivity index (χ1n) is 8.40. The average Bonchev–Trinajstić information content (AvgIpc) is 3.02. The molecule has 4 rings (SSSR count). The van der Waals surface area contributed by atoms with E-state index in [0.717, 1.165) is 16.9 Å². The lowest BCUT2D eigenvalue weighted by atomic mass is 9.87. The lowest BCUT2D eigenvalue weighted by molar-refractivity contribution is -0.116. The SMILES string of the molecule is Cn1ncc2c1NC(=O)CC2c1ccc(OCc2ccccc2F)cc1. The Labute approximate surface area is 150 Å². The van der Waals surface area contributed by atoms with Gasteiger partial charge in [-0.15, -0.1) is 0 Å². The maximum Gasteiger partial charge on any atom is 0.226 e. The van der Waals surface area contributed by atoms with Crippen molar-refractivity contribution in [3.05, 3.63) is 77.2 Å². The number of anilines is 1. The number of aryl methyl sites for hydroxylation is 1. The maximum absolute atomic E-state index is 13.7. The third-order valence-electron chi connectivity index (χ3n) is 4.62. The van der Waals surface area contributed by atoms with E-state index in [2.05, 4.69) is 10.4 Å². The van der Waals surface area contributed by atoms with Crippen molar-refractivity contribution in [2.45, 2.75) is 18.9 Å². The number of nitrogens with one attached hydrogen (secondary N) is 1. The molecule has 0 saturated carbocycles. The van der Waals surface area contributed by atoms with Crippen LogP contribution in [0.4, 0.5) is 10.2 Å². The third kappa shape index (κ3) is 3.06. The van der Waals surface area contributed by atoms with Crippen molar-refractivity contribution < 1.29 is 13.9 Å². The highest BCUT2D eigenvalue weighted by atomic mass is 19.1. The van der Waals surface area contributed by atoms with Gasteiger partial charge in [0.05, 0.1) is 6.20 Å². The topological polar surface area (TPSA) is 56.2 Å². The zero-order valence-corrected chi connectivity index (χ0v) is 14.3. The van der Waals surface area contributed by atoms with Crippen molar-refractivity contribution in [1.82, 2.24) is 9.78 Å². The number of halogens is 1. The minimum Gasteiger partial charge on any atom is -0.489 e. The Hall–Kier alpha value is -3.15. The smallest absolute Gasteiger partial charge is 0.226 e. The molecular formula is C20H18FN3O2. The van der Waals surface area contributed by atoms with Crippen LogP contribution in [0.15, 0.2) is 54.7 Å². The molecular weight excluding hydrogens is 333 g/mol. The predicted octanol–water partition coefficient (Wildman–Crippen LogP) is 3.61. The second-order valence-electron chi connectivity index (χ2n) is 6.33. The number of carbonyl (C=O) groups excluding carboxylic acids is 1. The first-order chi connectivity index (χ1) is 12.6. The molecule has 0 bridgehead atoms. The van der Waals surface area contributed by atoms with Gasteiger partial charge in [0.25, 0.3) is 0 Å². The molecule has 6 heteroatoms. The fraction of sp³-hybridized carbons (Fsp3) is 0.200. The molecule has 0 fully saturated rings. The third-order valence-corrected chi connectivity index (χ3v) is 4.62. The Morgan fingerprint density at radius 3 is 2.77 bits per heavy atom. The highest BCUT2D eigenvalue weighted by molar-refractivity contribution is 5.94. The van der Waals surface area contributed by atoms with Gasteiger partial charge in [0.2, 0.25) is 5.91 Å². The summed E-state index contributed by atoms with van der Waals surface area (Å²) >= 11 is 0. The van der Waals surface area contributed by atoms with Gasteiger partial charge in [-0.05, 0) is 23.8 Å². The number of benzene rings is 2. The van der Waals surface area contributed by atoms with Crippen molar-refractivity contribution in [2.75, 3.05) is 5.32 Å². The number of fused-ring (bicyclic) bond motifs is 1. The molecule has 3 aromatic rings. The van der Waals surface area contributed by atoms with Gasteiger partial charge in [0.1, 0.15) is 24.0 Å². The molecule has 0 radical (unpaired) electrons. The summed E-state index contributed by atoms with van der Waals surface area (Å²) in [5.41, 5.74) is 2.54. The lowest BCUT2D eigenvalue weighted by Crippen LogP contribution is -2.24. The zero-order valence-electron chi connectivity index (χ0n) is 14.3. The number of rotatable bonds is 4. The average molecular weight is 351 g/mol. The Kier molecular flexibility index (Phi) is 4.16. The van der Waals surface area contributed by atoms with E-state index in [1.807, 2.05) is 24.3 Å². The lowest BCUT2D eigenvalue weighted by Gasteiger charge is -2.23. The predicted molar refractivity (Wildman–Crippen MR) is 95.5 cm³/mol. The van der Waals surface area contributed by atoms with Gasteiger partial charge >= 0.3 is 0 Å². The molecule has 1 atom stereocenters. The van der Waals surface area contributed by atoms with E-state index in [1.165, 1.54) is 6.07 Å². The van der Waals surface area contributed by atoms with E-state index in [9.17, 15) is 9.18 Å². The Bertz CT molecular complexity index is 950. The molecule has 5 nitrogen and oxygen atoms in total. The Morgan fingerprint density at radius 1 is 1.23 bits per heavy atom. The summed E-state index contributed by atoms with van der Waals surface area (Å²) < 4.78 is 21.0. The first kappa shape index (κ1) is 16.3. The summed E-state index contributed by atoms with van der Waals surface area (Å²) in [4.78, 5) is 12.0. The number of ether oxygens (including phenoxy) is 1. The molecule has 1 aromatic heterocycles. The molecule has 132 valence electrons. The van der Waals surface area contributed by atoms with Gasteiger partial charge in [-0.3, -0.25) is 9.48 Å². The quantitative estimate of drug-likeness (QED) is 0.781. The summed E-state index contributed by atoms with van der Waals surface area (Å²) in [6.45, 7) is 0.171. The van der Waals surface area contributed by atoms with Gasteiger partial charge in [-0.1, -0.05) is 30.3 Å². The number of carbonyl (C=O) groups is 1. The highest BCUT2D eigenvalue weighted by Gasteiger charge is 2.29. The highest BCUT2D eigenvalue weighted by Crippen LogP contribution is 2.37. The minimum absolute atomic E-state index is 0.0222. The maximum atomic E-state index is 13.7. The Balaban J connectivity index is 1.51. The van der Waals surface area contributed by atoms with Crippen LogP contribution in [0.25, 0.3) is 0 Å². The van der Waals surface area contributed by atoms with Crippen LogP contribution in [0.5, 0.6) is 5.75 Å². The number of amides is 1. The largest absolute Gasteiger partial charge is 0.489 e. The second-order valence-corrected chi connectivity index (χ2v) is 6.33. The number of aromatic nitrogens is 2. The van der Waals surface area contributed by atoms with Crippen LogP contribution in [-0.2, 0) is 18.4 Å². The molecule has 2 heterocycles. The van der Waals surface area contributed by atoms with Crippen LogP contribution < -0.4 is 10.1 Å². The summed E-state index contributed by atoms with van der Waals surface area (Å²) in [6, 6.07) is 14.1. The van der Waals surface area contributed by atoms with Crippen LogP contribution in [0.2, 0.25) is 0 Å². The fourth-order valence-electron chi connectivity index (χ4n) is 3.21. The number of hydrogen-bond donors (Lipinski definition) is 1. The van der Waals surface area contributed by atoms with E-state index in [1.54, 1.807) is 36.1 Å². The van der Waals surface area contributed by atoms with Crippen LogP contribution in [0.3, 0.4) is 0 Å². The van der Waals surface area contributed by atoms with Gasteiger partial charge in [-0.2, -0.15) is 5.10 Å². The summed E-state index contributed by atoms with van der Waals surface area (Å²) in [5, 5.41) is 7.10. The van der Waals surface area contributed by atoms with Crippen molar-refractivity contribution in [1.29, 1.82) is 0 Å². The summed E-state index contributed by atoms with van der Waals surface area (Å²) in [6.07, 6.45) is 2.18. The van der Waals surface area contributed by atoms with Crippen molar-refractivity contribution in [3.8, 4) is 5.75 Å². The van der Waals surface area contributed by atoms with Crippen molar-refractivity contribution in [3.63, 3.8) is 0 Å². The van der Waals surface area contributed by atoms with Gasteiger partial charge in [-0.25, -0.2) is 4.39 Å². The Morgan fingerprint density at radius 2 is 2.00 bits per heavy atom. The van der Waals surface area contributed by atoms with E-state index in [-0.39, 0.29) is 24.2 Å². The first-order valence-corrected chi connectivity index (χ1v) is 8.40. The molecule has 2 aromatic carbocycles. The molecule has 0 aliphatic carbocycles. The molecule has 1 aliphatic heterocycles. The van der Waals surface area contributed by atoms with E-state index in [4.69, 9.17) is 4.74 Å². The number of nitrogens with zero attached hydrogens (tertiary/aromatic N) is 2. The molecule has 1 unspecified atom stereocenters. The normalized spacial score (nSPS) is 16.1. The van der Waals surface area contributed by atoms with Crippen LogP contribution in [-0.4, -0.2) is 15.7 Å². The van der Waals surface area contributed by atoms with Crippen LogP contribution in [0, 0.1) is 5.82 Å². The number of hydrogen-bond acceptors (Lipinski definition) is 3. The van der Waals surface area contributed by atoms with Gasteiger partial charge in [0, 0.05) is 30.5 Å². The summed E-state index contributed by atoms with van der Waals surface area (Å²) in [7, 11) is 1.81. The standard InChI is InChI=1S/C20H18FN3O2/c1-24-20-17(11-22-24)16(10-19(25)23-20)13-6-8-15(9-7-13)26-12-14-4-2-3-5-18(14)21/h2-9,11,16H,10,12H2,1H3,(H,23,25). The molecule has 1 aliphatic rings. The minimum atomic E-state index is -0.276. The molecule has 1 N–H and O–H groups in total. The van der Waals surface area contributed by atoms with E-state index >= 15 is 0 Å². The zero-order chi connectivity index (χ0) is 18.1.